The lowest BCUT2D eigenvalue weighted by Crippen LogP contribution is -2.46. The van der Waals surface area contributed by atoms with E-state index in [0.717, 1.165) is 0 Å². The van der Waals surface area contributed by atoms with Gasteiger partial charge in [0, 0.05) is 46.5 Å². The molecule has 132 valence electrons. The van der Waals surface area contributed by atoms with Crippen molar-refractivity contribution in [1.29, 1.82) is 0 Å². The van der Waals surface area contributed by atoms with Crippen molar-refractivity contribution < 1.29 is 32.1 Å². The summed E-state index contributed by atoms with van der Waals surface area (Å²) < 4.78 is 119. The molecule has 0 spiro atoms. The average Bonchev–Trinajstić information content (AvgIpc) is 2.76. The molecule has 1 aromatic rings. The maximum Gasteiger partial charge on any atom is 0.161 e. The normalized spacial score (nSPS) is 41.0. The molecule has 2 heterocycles. The summed E-state index contributed by atoms with van der Waals surface area (Å²) in [6, 6.07) is -2.06. The second-order valence-electron chi connectivity index (χ2n) is 5.53. The van der Waals surface area contributed by atoms with Gasteiger partial charge in [0.05, 0.1) is 17.0 Å². The van der Waals surface area contributed by atoms with Crippen LogP contribution in [0.25, 0.3) is 0 Å². The molecule has 3 unspecified atom stereocenters. The number of ketones is 1. The molecule has 1 aromatic carbocycles. The fourth-order valence-corrected chi connectivity index (χ4v) is 2.93. The molecular formula is C20H29NO3. The number of hydrogen-bond acceptors (Lipinski definition) is 4. The maximum absolute atomic E-state index is 13.7. The Morgan fingerprint density at radius 2 is 2.29 bits per heavy atom. The van der Waals surface area contributed by atoms with Gasteiger partial charge in [0.25, 0.3) is 0 Å². The van der Waals surface area contributed by atoms with Crippen LogP contribution in [0, 0.1) is 11.8 Å². The number of benzene rings is 1. The van der Waals surface area contributed by atoms with Gasteiger partial charge in [0.2, 0.25) is 0 Å². The van der Waals surface area contributed by atoms with Gasteiger partial charge in [-0.05, 0) is 41.9 Å². The van der Waals surface area contributed by atoms with Gasteiger partial charge >= 0.3 is 0 Å². The summed E-state index contributed by atoms with van der Waals surface area (Å²) in [5.41, 5.74) is 0.164. The zero-order valence-corrected chi connectivity index (χ0v) is 13.9. The van der Waals surface area contributed by atoms with Gasteiger partial charge in [-0.3, -0.25) is 9.69 Å². The monoisotopic (exact) mass is 344 g/mol. The van der Waals surface area contributed by atoms with E-state index < -0.39 is 56.1 Å². The SMILES string of the molecule is [2H]c1c2c(c([2H])c(OC)c1OC)C1N(CC2)CC([2H])(C([2H])([2H])C([2H])(C([2H])([2H])[2H])C([2H])([2H])C)C(=O)C1([2H])[2H]. The number of methoxy groups -OCH3 is 2. The second-order valence-corrected chi connectivity index (χ2v) is 5.53. The van der Waals surface area contributed by atoms with E-state index in [1.807, 2.05) is 0 Å². The number of hydrogen-bond donors (Lipinski definition) is 0. The van der Waals surface area contributed by atoms with Gasteiger partial charge < -0.3 is 9.47 Å². The van der Waals surface area contributed by atoms with Gasteiger partial charge in [-0.25, -0.2) is 0 Å². The van der Waals surface area contributed by atoms with Crippen LogP contribution < -0.4 is 9.47 Å². The third-order valence-corrected chi connectivity index (χ3v) is 4.17. The van der Waals surface area contributed by atoms with Gasteiger partial charge in [-0.15, -0.1) is 0 Å². The van der Waals surface area contributed by atoms with E-state index in [1.165, 1.54) is 19.1 Å². The molecule has 0 aromatic heterocycles. The molecule has 4 heteroatoms. The standard InChI is InChI=1S/C20H29NO3/c1-5-13(2)8-15-12-21-7-6-14-9-19(23-3)20(24-4)10-16(14)17(21)11-18(15)22/h9-10,13,15,17H,5-8,11-12H2,1-4H3/i2D3,5D2,8D2,9D,10D,11D2,13D,15D. The van der Waals surface area contributed by atoms with Gasteiger partial charge in [0.15, 0.2) is 11.5 Å². The van der Waals surface area contributed by atoms with Crippen LogP contribution in [0.5, 0.6) is 11.5 Å². The number of piperidine rings is 1. The summed E-state index contributed by atoms with van der Waals surface area (Å²) in [6.45, 7) is -3.90. The quantitative estimate of drug-likeness (QED) is 0.818. The molecule has 2 aliphatic rings. The Kier molecular flexibility index (Phi) is 2.19. The first-order chi connectivity index (χ1) is 16.6. The summed E-state index contributed by atoms with van der Waals surface area (Å²) in [4.78, 5) is 14.9. The topological polar surface area (TPSA) is 38.8 Å². The van der Waals surface area contributed by atoms with Crippen molar-refractivity contribution in [2.24, 2.45) is 11.8 Å². The van der Waals surface area contributed by atoms with Crippen molar-refractivity contribution in [2.75, 3.05) is 27.3 Å². The number of carbonyl (C=O) groups excluding carboxylic acids is 1. The van der Waals surface area contributed by atoms with E-state index in [4.69, 9.17) is 27.3 Å². The van der Waals surface area contributed by atoms with E-state index in [0.29, 0.717) is 6.92 Å². The van der Waals surface area contributed by atoms with Crippen LogP contribution in [0.2, 0.25) is 0 Å². The maximum atomic E-state index is 13.7. The first-order valence-electron chi connectivity index (χ1n) is 14.1. The van der Waals surface area contributed by atoms with E-state index >= 15 is 0 Å². The highest BCUT2D eigenvalue weighted by atomic mass is 16.5. The molecule has 0 saturated carbocycles. The van der Waals surface area contributed by atoms with Crippen molar-refractivity contribution in [1.82, 2.24) is 4.90 Å². The number of Topliss-reactive ketones (excluding diaryl/α,β-unsaturated/α-hetero) is 1. The van der Waals surface area contributed by atoms with Gasteiger partial charge in [0.1, 0.15) is 5.78 Å². The van der Waals surface area contributed by atoms with E-state index in [2.05, 4.69) is 0 Å². The van der Waals surface area contributed by atoms with Crippen LogP contribution in [-0.2, 0) is 11.2 Å². The number of carbonyl (C=O) groups is 1. The van der Waals surface area contributed by atoms with Crippen molar-refractivity contribution in [2.45, 2.75) is 45.4 Å². The fraction of sp³-hybridized carbons (Fsp3) is 0.650. The molecule has 2 aliphatic heterocycles. The third kappa shape index (κ3) is 3.16. The Balaban J connectivity index is 2.27. The Morgan fingerprint density at radius 1 is 1.54 bits per heavy atom. The minimum atomic E-state index is -3.69. The van der Waals surface area contributed by atoms with E-state index in [-0.39, 0.29) is 47.7 Å². The lowest BCUT2D eigenvalue weighted by molar-refractivity contribution is -0.129. The Morgan fingerprint density at radius 3 is 2.96 bits per heavy atom. The Bertz CT molecular complexity index is 1100. The molecule has 4 nitrogen and oxygen atoms in total. The molecule has 3 rings (SSSR count). The molecule has 0 radical (unpaired) electrons. The summed E-state index contributed by atoms with van der Waals surface area (Å²) in [7, 11) is 2.51. The Labute approximate surface area is 163 Å². The lowest BCUT2D eigenvalue weighted by Gasteiger charge is -2.43. The Hall–Kier alpha value is -1.55. The number of nitrogens with zero attached hydrogens (tertiary/aromatic N) is 1. The highest BCUT2D eigenvalue weighted by molar-refractivity contribution is 5.83. The molecule has 3 atom stereocenters. The molecule has 24 heavy (non-hydrogen) atoms. The molecule has 1 saturated heterocycles. The minimum Gasteiger partial charge on any atom is -0.493 e. The van der Waals surface area contributed by atoms with Crippen LogP contribution in [0.4, 0.5) is 0 Å². The fourth-order valence-electron chi connectivity index (χ4n) is 2.93. The van der Waals surface area contributed by atoms with E-state index in [1.54, 1.807) is 0 Å². The summed E-state index contributed by atoms with van der Waals surface area (Å²) in [5.74, 6) is -8.71. The van der Waals surface area contributed by atoms with Crippen LogP contribution >= 0.6 is 0 Å². The van der Waals surface area contributed by atoms with Crippen LogP contribution in [-0.4, -0.2) is 38.0 Å². The van der Waals surface area contributed by atoms with Gasteiger partial charge in [-0.1, -0.05) is 20.1 Å². The van der Waals surface area contributed by atoms with Crippen molar-refractivity contribution in [3.63, 3.8) is 0 Å². The molecule has 1 fully saturated rings. The molecular weight excluding hydrogens is 302 g/mol. The molecule has 0 bridgehead atoms. The first kappa shape index (κ1) is 7.36. The molecule has 0 N–H and O–H groups in total. The summed E-state index contributed by atoms with van der Waals surface area (Å²) >= 11 is 0. The van der Waals surface area contributed by atoms with Crippen molar-refractivity contribution in [3.05, 3.63) is 23.2 Å². The largest absolute Gasteiger partial charge is 0.493 e. The van der Waals surface area contributed by atoms with Crippen molar-refractivity contribution >= 4 is 5.78 Å². The highest BCUT2D eigenvalue weighted by Gasteiger charge is 2.38. The van der Waals surface area contributed by atoms with E-state index in [9.17, 15) is 4.79 Å². The molecule has 0 aliphatic carbocycles. The number of rotatable bonds is 5. The summed E-state index contributed by atoms with van der Waals surface area (Å²) in [5, 5.41) is 0. The number of fused-ring (bicyclic) bond motifs is 3. The third-order valence-electron chi connectivity index (χ3n) is 4.17. The van der Waals surface area contributed by atoms with Crippen molar-refractivity contribution in [3.8, 4) is 11.5 Å². The van der Waals surface area contributed by atoms with Gasteiger partial charge in [-0.2, -0.15) is 0 Å². The summed E-state index contributed by atoms with van der Waals surface area (Å²) in [6.07, 6.45) is -9.80. The second kappa shape index (κ2) is 7.14. The lowest BCUT2D eigenvalue weighted by atomic mass is 9.79. The predicted octanol–water partition coefficient (Wildman–Crippen LogP) is 3.63. The van der Waals surface area contributed by atoms with Crippen LogP contribution in [0.1, 0.15) is 67.9 Å². The predicted molar refractivity (Wildman–Crippen MR) is 94.8 cm³/mol. The smallest absolute Gasteiger partial charge is 0.161 e. The molecule has 0 amide bonds. The van der Waals surface area contributed by atoms with Crippen LogP contribution in [0.3, 0.4) is 0 Å². The average molecular weight is 345 g/mol. The number of ether oxygens (including phenoxy) is 2. The highest BCUT2D eigenvalue weighted by Crippen LogP contribution is 2.42. The zero-order valence-electron chi connectivity index (χ0n) is 26.9. The minimum absolute atomic E-state index is 0.0418. The zero-order chi connectivity index (χ0) is 28.7. The first-order valence-corrected chi connectivity index (χ1v) is 7.60. The van der Waals surface area contributed by atoms with Crippen LogP contribution in [0.15, 0.2) is 12.1 Å².